The summed E-state index contributed by atoms with van der Waals surface area (Å²) in [7, 11) is 5.38. The molecule has 10 heteroatoms. The van der Waals surface area contributed by atoms with Gasteiger partial charge in [0, 0.05) is 22.9 Å². The van der Waals surface area contributed by atoms with Crippen molar-refractivity contribution in [3.05, 3.63) is 37.4 Å². The molecule has 1 N–H and O–H groups in total. The first-order valence-corrected chi connectivity index (χ1v) is 16.4. The molecule has 2 aromatic rings. The first-order valence-electron chi connectivity index (χ1n) is 14.5. The number of anilines is 1. The molecule has 3 aliphatic carbocycles. The van der Waals surface area contributed by atoms with E-state index in [0.717, 1.165) is 58.2 Å². The van der Waals surface area contributed by atoms with Crippen LogP contribution >= 0.6 is 33.9 Å². The maximum absolute atomic E-state index is 12.9. The fourth-order valence-electron chi connectivity index (χ4n) is 7.91. The van der Waals surface area contributed by atoms with Crippen molar-refractivity contribution in [2.45, 2.75) is 71.6 Å². The molecule has 41 heavy (non-hydrogen) atoms. The molecule has 1 aromatic carbocycles. The molecular formula is C31H41IN4O4S. The zero-order chi connectivity index (χ0) is 29.5. The van der Waals surface area contributed by atoms with Crippen LogP contribution in [0.1, 0.15) is 72.9 Å². The van der Waals surface area contributed by atoms with Crippen molar-refractivity contribution < 1.29 is 19.2 Å². The number of hydrogen-bond donors (Lipinski definition) is 1. The molecule has 2 saturated carbocycles. The third kappa shape index (κ3) is 6.06. The molecule has 0 spiro atoms. The number of hydrogen-bond acceptors (Lipinski definition) is 8. The minimum atomic E-state index is -0.231. The van der Waals surface area contributed by atoms with E-state index in [0.29, 0.717) is 41.0 Å². The van der Waals surface area contributed by atoms with E-state index in [-0.39, 0.29) is 23.8 Å². The maximum Gasteiger partial charge on any atom is 0.325 e. The number of rotatable bonds is 8. The highest BCUT2D eigenvalue weighted by molar-refractivity contribution is 14.1. The van der Waals surface area contributed by atoms with Crippen LogP contribution < -0.4 is 10.1 Å². The summed E-state index contributed by atoms with van der Waals surface area (Å²) in [5, 5.41) is 8.21. The molecule has 8 nitrogen and oxygen atoms in total. The molecule has 1 heterocycles. The van der Waals surface area contributed by atoms with Gasteiger partial charge in [0.1, 0.15) is 12.9 Å². The lowest BCUT2D eigenvalue weighted by Gasteiger charge is -2.50. The number of aryl methyl sites for hydroxylation is 1. The molecule has 0 radical (unpaired) electrons. The predicted octanol–water partition coefficient (Wildman–Crippen LogP) is 6.34. The van der Waals surface area contributed by atoms with E-state index in [1.807, 2.05) is 25.9 Å². The third-order valence-corrected chi connectivity index (χ3v) is 11.2. The van der Waals surface area contributed by atoms with Crippen molar-refractivity contribution in [2.75, 3.05) is 33.1 Å². The summed E-state index contributed by atoms with van der Waals surface area (Å²) in [6.07, 6.45) is 8.18. The quantitative estimate of drug-likeness (QED) is 0.150. The van der Waals surface area contributed by atoms with E-state index in [4.69, 9.17) is 9.57 Å². The number of thiazole rings is 1. The van der Waals surface area contributed by atoms with Gasteiger partial charge in [0.2, 0.25) is 5.91 Å². The minimum Gasteiger partial charge on any atom is -0.424 e. The zero-order valence-electron chi connectivity index (χ0n) is 24.9. The van der Waals surface area contributed by atoms with Gasteiger partial charge < -0.3 is 14.9 Å². The molecule has 1 aromatic heterocycles. The molecule has 222 valence electrons. The second-order valence-electron chi connectivity index (χ2n) is 12.4. The average Bonchev–Trinajstić information content (AvgIpc) is 3.44. The Hall–Kier alpha value is -2.05. The average molecular weight is 693 g/mol. The molecule has 5 atom stereocenters. The summed E-state index contributed by atoms with van der Waals surface area (Å²) in [6.45, 7) is 6.73. The topological polar surface area (TPSA) is 93.1 Å². The summed E-state index contributed by atoms with van der Waals surface area (Å²) >= 11 is 3.84. The number of carbonyl (C=O) groups excluding carboxylic acids is 2. The fraction of sp³-hybridized carbons (Fsp3) is 0.613. The van der Waals surface area contributed by atoms with Gasteiger partial charge in [-0.25, -0.2) is 4.98 Å². The van der Waals surface area contributed by atoms with Crippen molar-refractivity contribution in [1.82, 2.24) is 9.88 Å². The fourth-order valence-corrected chi connectivity index (χ4v) is 9.44. The van der Waals surface area contributed by atoms with Gasteiger partial charge in [-0.15, -0.1) is 11.3 Å². The van der Waals surface area contributed by atoms with Crippen LogP contribution in [0.5, 0.6) is 5.75 Å². The first kappa shape index (κ1) is 30.4. The number of nitrogens with zero attached hydrogens (tertiary/aromatic N) is 3. The number of likely N-dealkylation sites (N-methyl/N-ethyl adjacent to an activating group) is 1. The van der Waals surface area contributed by atoms with Crippen LogP contribution in [0.25, 0.3) is 0 Å². The van der Waals surface area contributed by atoms with E-state index in [1.54, 1.807) is 13.3 Å². The second kappa shape index (κ2) is 12.3. The van der Waals surface area contributed by atoms with Gasteiger partial charge in [0.15, 0.2) is 5.13 Å². The van der Waals surface area contributed by atoms with Crippen LogP contribution in [0.15, 0.2) is 17.4 Å². The summed E-state index contributed by atoms with van der Waals surface area (Å²) in [4.78, 5) is 37.9. The number of fused-ring (bicyclic) bond motifs is 5. The number of ether oxygens (including phenoxy) is 1. The van der Waals surface area contributed by atoms with Gasteiger partial charge in [-0.3, -0.25) is 14.5 Å². The SMILES string of the molecule is CO/N=C1\C[C@@H](CCC(=O)Nc2ncc(C)s2)C2C3CCc4c(cc(I)c(OC(=O)CN(C)C)c4C)C3CC[C@]12C. The van der Waals surface area contributed by atoms with Gasteiger partial charge >= 0.3 is 5.97 Å². The van der Waals surface area contributed by atoms with Crippen LogP contribution in [-0.4, -0.2) is 55.2 Å². The molecule has 2 fully saturated rings. The molecule has 3 aliphatic rings. The van der Waals surface area contributed by atoms with Crippen molar-refractivity contribution in [3.63, 3.8) is 0 Å². The Morgan fingerprint density at radius 3 is 2.76 bits per heavy atom. The standard InChI is InChI=1S/C31H41IN4O4S/c1-17-15-33-30(41-17)34-26(37)10-7-19-13-25(35-39-6)31(3)12-11-21-22(28(19)31)9-8-20-18(2)29(24(32)14-23(20)21)40-27(38)16-36(4)5/h14-15,19,21-22,28H,7-13,16H2,1-6H3,(H,33,34,37)/b35-25+/t19-,21?,22?,28?,31-/m1/s1. The van der Waals surface area contributed by atoms with Crippen molar-refractivity contribution >= 4 is 56.6 Å². The van der Waals surface area contributed by atoms with Crippen LogP contribution in [0.3, 0.4) is 0 Å². The number of benzene rings is 1. The molecule has 5 rings (SSSR count). The Morgan fingerprint density at radius 2 is 2.07 bits per heavy atom. The van der Waals surface area contributed by atoms with Gasteiger partial charge in [0.05, 0.1) is 15.8 Å². The predicted molar refractivity (Wildman–Crippen MR) is 171 cm³/mol. The Labute approximate surface area is 260 Å². The highest BCUT2D eigenvalue weighted by Crippen LogP contribution is 2.63. The largest absolute Gasteiger partial charge is 0.424 e. The summed E-state index contributed by atoms with van der Waals surface area (Å²) in [5.74, 6) is 2.29. The molecule has 3 unspecified atom stereocenters. The summed E-state index contributed by atoms with van der Waals surface area (Å²) in [6, 6.07) is 2.28. The highest BCUT2D eigenvalue weighted by Gasteiger charge is 2.57. The summed E-state index contributed by atoms with van der Waals surface area (Å²) < 4.78 is 6.87. The third-order valence-electron chi connectivity index (χ3n) is 9.55. The lowest BCUT2D eigenvalue weighted by atomic mass is 9.53. The Morgan fingerprint density at radius 1 is 1.29 bits per heavy atom. The van der Waals surface area contributed by atoms with Gasteiger partial charge in [-0.1, -0.05) is 12.1 Å². The van der Waals surface area contributed by atoms with Crippen molar-refractivity contribution in [1.29, 1.82) is 0 Å². The molecule has 0 aliphatic heterocycles. The maximum atomic E-state index is 12.9. The van der Waals surface area contributed by atoms with Gasteiger partial charge in [-0.05, 0) is 135 Å². The van der Waals surface area contributed by atoms with E-state index >= 15 is 0 Å². The van der Waals surface area contributed by atoms with Crippen LogP contribution in [0.2, 0.25) is 0 Å². The lowest BCUT2D eigenvalue weighted by Crippen LogP contribution is -2.44. The highest BCUT2D eigenvalue weighted by atomic mass is 127. The number of nitrogens with one attached hydrogen (secondary N) is 1. The van der Waals surface area contributed by atoms with E-state index in [2.05, 4.69) is 58.0 Å². The number of carbonyl (C=O) groups is 2. The van der Waals surface area contributed by atoms with E-state index in [9.17, 15) is 9.59 Å². The van der Waals surface area contributed by atoms with E-state index in [1.165, 1.54) is 22.5 Å². The Bertz CT molecular complexity index is 1360. The Kier molecular flexibility index (Phi) is 9.11. The molecule has 1 amide bonds. The van der Waals surface area contributed by atoms with Crippen LogP contribution in [-0.2, 0) is 20.8 Å². The number of esters is 1. The number of halogens is 1. The zero-order valence-corrected chi connectivity index (χ0v) is 27.9. The van der Waals surface area contributed by atoms with Crippen molar-refractivity contribution in [3.8, 4) is 5.75 Å². The molecule has 0 saturated heterocycles. The van der Waals surface area contributed by atoms with Gasteiger partial charge in [-0.2, -0.15) is 0 Å². The molecular weight excluding hydrogens is 651 g/mol. The number of oxime groups is 1. The lowest BCUT2D eigenvalue weighted by molar-refractivity contribution is -0.135. The van der Waals surface area contributed by atoms with E-state index < -0.39 is 0 Å². The smallest absolute Gasteiger partial charge is 0.325 e. The number of amides is 1. The molecule has 0 bridgehead atoms. The monoisotopic (exact) mass is 692 g/mol. The normalized spacial score (nSPS) is 27.8. The van der Waals surface area contributed by atoms with Crippen molar-refractivity contribution in [2.24, 2.45) is 28.3 Å². The van der Waals surface area contributed by atoms with Crippen LogP contribution in [0.4, 0.5) is 5.13 Å². The Balaban J connectivity index is 1.39. The van der Waals surface area contributed by atoms with Crippen LogP contribution in [0, 0.1) is 40.6 Å². The summed E-state index contributed by atoms with van der Waals surface area (Å²) in [5.41, 5.74) is 5.01. The first-order chi connectivity index (χ1) is 19.5. The second-order valence-corrected chi connectivity index (χ2v) is 14.8. The number of aromatic nitrogens is 1. The minimum absolute atomic E-state index is 0.0217. The van der Waals surface area contributed by atoms with Gasteiger partial charge in [0.25, 0.3) is 0 Å².